The molecule has 1 aromatic carbocycles. The van der Waals surface area contributed by atoms with Gasteiger partial charge in [-0.15, -0.1) is 0 Å². The van der Waals surface area contributed by atoms with Crippen LogP contribution in [0.25, 0.3) is 0 Å². The predicted molar refractivity (Wildman–Crippen MR) is 73.1 cm³/mol. The number of hydrogen-bond acceptors (Lipinski definition) is 2. The standard InChI is InChI=1S/C13H19BrN2/c1-13(2)6-7-15-8-9-16(13)12-5-3-4-11(14)10-12/h3-5,10,15H,6-9H2,1-2H3. The Labute approximate surface area is 106 Å². The van der Waals surface area contributed by atoms with E-state index in [0.717, 1.165) is 24.1 Å². The summed E-state index contributed by atoms with van der Waals surface area (Å²) in [7, 11) is 0. The summed E-state index contributed by atoms with van der Waals surface area (Å²) in [5.41, 5.74) is 1.53. The number of anilines is 1. The largest absolute Gasteiger partial charge is 0.365 e. The van der Waals surface area contributed by atoms with E-state index in [1.54, 1.807) is 0 Å². The van der Waals surface area contributed by atoms with Gasteiger partial charge in [0.25, 0.3) is 0 Å². The third-order valence-electron chi connectivity index (χ3n) is 3.28. The van der Waals surface area contributed by atoms with E-state index in [9.17, 15) is 0 Å². The Morgan fingerprint density at radius 3 is 2.88 bits per heavy atom. The molecule has 88 valence electrons. The molecule has 1 aliphatic heterocycles. The second-order valence-corrected chi connectivity index (χ2v) is 5.86. The van der Waals surface area contributed by atoms with Gasteiger partial charge in [0.15, 0.2) is 0 Å². The lowest BCUT2D eigenvalue weighted by atomic mass is 9.98. The highest BCUT2D eigenvalue weighted by atomic mass is 79.9. The van der Waals surface area contributed by atoms with Gasteiger partial charge in [-0.1, -0.05) is 22.0 Å². The molecule has 2 nitrogen and oxygen atoms in total. The Bertz CT molecular complexity index is 363. The average Bonchev–Trinajstić information content (AvgIpc) is 2.39. The van der Waals surface area contributed by atoms with Gasteiger partial charge in [-0.2, -0.15) is 0 Å². The normalized spacial score (nSPS) is 20.6. The lowest BCUT2D eigenvalue weighted by Crippen LogP contribution is -2.44. The first-order chi connectivity index (χ1) is 7.59. The van der Waals surface area contributed by atoms with Crippen LogP contribution in [0.4, 0.5) is 5.69 Å². The van der Waals surface area contributed by atoms with Crippen molar-refractivity contribution in [3.8, 4) is 0 Å². The van der Waals surface area contributed by atoms with E-state index in [-0.39, 0.29) is 5.54 Å². The van der Waals surface area contributed by atoms with E-state index in [0.29, 0.717) is 0 Å². The topological polar surface area (TPSA) is 15.3 Å². The molecule has 0 radical (unpaired) electrons. The zero-order valence-electron chi connectivity index (χ0n) is 9.96. The second-order valence-electron chi connectivity index (χ2n) is 4.94. The van der Waals surface area contributed by atoms with Crippen LogP contribution < -0.4 is 10.2 Å². The predicted octanol–water partition coefficient (Wildman–Crippen LogP) is 3.03. The van der Waals surface area contributed by atoms with Crippen molar-refractivity contribution in [1.82, 2.24) is 5.32 Å². The number of rotatable bonds is 1. The molecule has 0 saturated carbocycles. The van der Waals surface area contributed by atoms with Crippen LogP contribution in [0.2, 0.25) is 0 Å². The summed E-state index contributed by atoms with van der Waals surface area (Å²) in [6.45, 7) is 7.89. The van der Waals surface area contributed by atoms with E-state index in [4.69, 9.17) is 0 Å². The van der Waals surface area contributed by atoms with Gasteiger partial charge in [-0.25, -0.2) is 0 Å². The summed E-state index contributed by atoms with van der Waals surface area (Å²) in [4.78, 5) is 2.50. The molecule has 1 aliphatic rings. The van der Waals surface area contributed by atoms with Crippen molar-refractivity contribution in [2.75, 3.05) is 24.5 Å². The summed E-state index contributed by atoms with van der Waals surface area (Å²) < 4.78 is 1.15. The molecule has 0 unspecified atom stereocenters. The highest BCUT2D eigenvalue weighted by Crippen LogP contribution is 2.29. The fourth-order valence-electron chi connectivity index (χ4n) is 2.27. The molecule has 0 spiro atoms. The molecule has 3 heteroatoms. The maximum absolute atomic E-state index is 3.54. The van der Waals surface area contributed by atoms with Crippen LogP contribution in [0.15, 0.2) is 28.7 Å². The van der Waals surface area contributed by atoms with Gasteiger partial charge >= 0.3 is 0 Å². The van der Waals surface area contributed by atoms with Gasteiger partial charge in [0.1, 0.15) is 0 Å². The van der Waals surface area contributed by atoms with Gasteiger partial charge in [-0.3, -0.25) is 0 Å². The minimum absolute atomic E-state index is 0.226. The molecule has 16 heavy (non-hydrogen) atoms. The number of nitrogens with one attached hydrogen (secondary N) is 1. The molecule has 0 aromatic heterocycles. The molecule has 1 N–H and O–H groups in total. The minimum Gasteiger partial charge on any atom is -0.365 e. The molecule has 1 heterocycles. The summed E-state index contributed by atoms with van der Waals surface area (Å²) in [6, 6.07) is 8.57. The van der Waals surface area contributed by atoms with Crippen LogP contribution in [0, 0.1) is 0 Å². The van der Waals surface area contributed by atoms with E-state index in [2.05, 4.69) is 64.3 Å². The summed E-state index contributed by atoms with van der Waals surface area (Å²) in [5.74, 6) is 0. The Kier molecular flexibility index (Phi) is 3.55. The second kappa shape index (κ2) is 4.76. The number of halogens is 1. The van der Waals surface area contributed by atoms with Crippen molar-refractivity contribution >= 4 is 21.6 Å². The van der Waals surface area contributed by atoms with E-state index in [1.165, 1.54) is 12.1 Å². The molecule has 0 bridgehead atoms. The van der Waals surface area contributed by atoms with Crippen molar-refractivity contribution < 1.29 is 0 Å². The van der Waals surface area contributed by atoms with Crippen LogP contribution in [0.5, 0.6) is 0 Å². The van der Waals surface area contributed by atoms with Crippen LogP contribution >= 0.6 is 15.9 Å². The maximum atomic E-state index is 3.54. The highest BCUT2D eigenvalue weighted by molar-refractivity contribution is 9.10. The quantitative estimate of drug-likeness (QED) is 0.852. The zero-order valence-corrected chi connectivity index (χ0v) is 11.5. The zero-order chi connectivity index (χ0) is 11.6. The molecule has 1 aromatic rings. The summed E-state index contributed by atoms with van der Waals surface area (Å²) in [6.07, 6.45) is 1.18. The van der Waals surface area contributed by atoms with E-state index < -0.39 is 0 Å². The fraction of sp³-hybridized carbons (Fsp3) is 0.538. The summed E-state index contributed by atoms with van der Waals surface area (Å²) in [5, 5.41) is 3.46. The first-order valence-corrected chi connectivity index (χ1v) is 6.63. The van der Waals surface area contributed by atoms with Crippen molar-refractivity contribution in [1.29, 1.82) is 0 Å². The Hall–Kier alpha value is -0.540. The molecular weight excluding hydrogens is 264 g/mol. The molecule has 0 aliphatic carbocycles. The third-order valence-corrected chi connectivity index (χ3v) is 3.77. The van der Waals surface area contributed by atoms with Crippen molar-refractivity contribution in [3.63, 3.8) is 0 Å². The smallest absolute Gasteiger partial charge is 0.0382 e. The molecule has 2 rings (SSSR count). The van der Waals surface area contributed by atoms with Gasteiger partial charge < -0.3 is 10.2 Å². The Morgan fingerprint density at radius 1 is 1.31 bits per heavy atom. The van der Waals surface area contributed by atoms with E-state index in [1.807, 2.05) is 0 Å². The Morgan fingerprint density at radius 2 is 2.12 bits per heavy atom. The highest BCUT2D eigenvalue weighted by Gasteiger charge is 2.28. The lowest BCUT2D eigenvalue weighted by Gasteiger charge is -2.39. The van der Waals surface area contributed by atoms with Crippen molar-refractivity contribution in [3.05, 3.63) is 28.7 Å². The van der Waals surface area contributed by atoms with Gasteiger partial charge in [-0.05, 0) is 45.0 Å². The van der Waals surface area contributed by atoms with Gasteiger partial charge in [0.05, 0.1) is 0 Å². The van der Waals surface area contributed by atoms with E-state index >= 15 is 0 Å². The lowest BCUT2D eigenvalue weighted by molar-refractivity contribution is 0.454. The van der Waals surface area contributed by atoms with Crippen LogP contribution in [0.3, 0.4) is 0 Å². The SMILES string of the molecule is CC1(C)CCNCCN1c1cccc(Br)c1. The first kappa shape index (κ1) is 11.9. The monoisotopic (exact) mass is 282 g/mol. The molecule has 0 atom stereocenters. The number of benzene rings is 1. The molecule has 0 amide bonds. The fourth-order valence-corrected chi connectivity index (χ4v) is 2.66. The van der Waals surface area contributed by atoms with Gasteiger partial charge in [0, 0.05) is 28.8 Å². The molecule has 1 fully saturated rings. The van der Waals surface area contributed by atoms with Crippen molar-refractivity contribution in [2.24, 2.45) is 0 Å². The van der Waals surface area contributed by atoms with Crippen molar-refractivity contribution in [2.45, 2.75) is 25.8 Å². The third kappa shape index (κ3) is 2.58. The molecular formula is C13H19BrN2. The van der Waals surface area contributed by atoms with Gasteiger partial charge in [0.2, 0.25) is 0 Å². The maximum Gasteiger partial charge on any atom is 0.0382 e. The van der Waals surface area contributed by atoms with Crippen LogP contribution in [-0.4, -0.2) is 25.2 Å². The average molecular weight is 283 g/mol. The van der Waals surface area contributed by atoms with Crippen LogP contribution in [0.1, 0.15) is 20.3 Å². The van der Waals surface area contributed by atoms with Crippen LogP contribution in [-0.2, 0) is 0 Å². The number of nitrogens with zero attached hydrogens (tertiary/aromatic N) is 1. The first-order valence-electron chi connectivity index (χ1n) is 5.83. The minimum atomic E-state index is 0.226. The Balaban J connectivity index is 2.29. The number of hydrogen-bond donors (Lipinski definition) is 1. The summed E-state index contributed by atoms with van der Waals surface area (Å²) >= 11 is 3.54. The molecule has 1 saturated heterocycles.